The Bertz CT molecular complexity index is 885. The van der Waals surface area contributed by atoms with Gasteiger partial charge in [0, 0.05) is 26.2 Å². The van der Waals surface area contributed by atoms with Gasteiger partial charge in [0.15, 0.2) is 0 Å². The molecule has 1 heterocycles. The summed E-state index contributed by atoms with van der Waals surface area (Å²) in [5, 5.41) is 5.36. The lowest BCUT2D eigenvalue weighted by Crippen LogP contribution is -2.50. The number of fused-ring (bicyclic) bond motifs is 1. The van der Waals surface area contributed by atoms with Crippen LogP contribution in [0.15, 0.2) is 42.5 Å². The molecule has 6 nitrogen and oxygen atoms in total. The molecule has 3 rings (SSSR count). The minimum Gasteiger partial charge on any atom is -0.348 e. The molecule has 1 N–H and O–H groups in total. The first-order valence-electron chi connectivity index (χ1n) is 8.79. The average molecular weight is 375 g/mol. The molecule has 1 saturated heterocycles. The molecule has 0 radical (unpaired) electrons. The van der Waals surface area contributed by atoms with E-state index in [0.717, 1.165) is 16.3 Å². The molecular weight excluding hydrogens is 350 g/mol. The summed E-state index contributed by atoms with van der Waals surface area (Å²) in [6.45, 7) is 4.29. The number of amides is 1. The second-order valence-electron chi connectivity index (χ2n) is 6.80. The molecule has 1 unspecified atom stereocenters. The van der Waals surface area contributed by atoms with Crippen molar-refractivity contribution in [1.29, 1.82) is 0 Å². The van der Waals surface area contributed by atoms with Gasteiger partial charge in [0.1, 0.15) is 0 Å². The first-order valence-corrected chi connectivity index (χ1v) is 10.6. The summed E-state index contributed by atoms with van der Waals surface area (Å²) in [6, 6.07) is 14.2. The molecule has 0 aliphatic carbocycles. The summed E-state index contributed by atoms with van der Waals surface area (Å²) in [7, 11) is -3.15. The van der Waals surface area contributed by atoms with Crippen molar-refractivity contribution < 1.29 is 13.2 Å². The molecule has 0 spiro atoms. The molecular formula is C19H25N3O3S. The summed E-state index contributed by atoms with van der Waals surface area (Å²) in [4.78, 5) is 14.4. The highest BCUT2D eigenvalue weighted by Gasteiger charge is 2.24. The number of nitrogens with zero attached hydrogens (tertiary/aromatic N) is 2. The molecule has 7 heteroatoms. The summed E-state index contributed by atoms with van der Waals surface area (Å²) in [5.41, 5.74) is 1.10. The Kier molecular flexibility index (Phi) is 5.60. The number of benzene rings is 2. The predicted octanol–water partition coefficient (Wildman–Crippen LogP) is 1.59. The SMILES string of the molecule is CC(NC(=O)CN1CCN(S(C)(=O)=O)CC1)c1cccc2ccccc12. The highest BCUT2D eigenvalue weighted by Crippen LogP contribution is 2.24. The van der Waals surface area contributed by atoms with Crippen molar-refractivity contribution in [2.45, 2.75) is 13.0 Å². The van der Waals surface area contributed by atoms with Crippen LogP contribution < -0.4 is 5.32 Å². The van der Waals surface area contributed by atoms with E-state index in [-0.39, 0.29) is 18.5 Å². The monoisotopic (exact) mass is 375 g/mol. The number of hydrogen-bond donors (Lipinski definition) is 1. The lowest BCUT2D eigenvalue weighted by Gasteiger charge is -2.33. The Morgan fingerprint density at radius 1 is 1.08 bits per heavy atom. The smallest absolute Gasteiger partial charge is 0.234 e. The van der Waals surface area contributed by atoms with Gasteiger partial charge in [-0.05, 0) is 23.3 Å². The number of carbonyl (C=O) groups is 1. The van der Waals surface area contributed by atoms with E-state index in [1.807, 2.05) is 36.1 Å². The van der Waals surface area contributed by atoms with Gasteiger partial charge in [-0.2, -0.15) is 4.31 Å². The highest BCUT2D eigenvalue weighted by molar-refractivity contribution is 7.88. The van der Waals surface area contributed by atoms with Crippen LogP contribution in [0.4, 0.5) is 0 Å². The highest BCUT2D eigenvalue weighted by atomic mass is 32.2. The Morgan fingerprint density at radius 2 is 1.73 bits per heavy atom. The van der Waals surface area contributed by atoms with Crippen molar-refractivity contribution in [3.8, 4) is 0 Å². The van der Waals surface area contributed by atoms with Crippen LogP contribution >= 0.6 is 0 Å². The van der Waals surface area contributed by atoms with Crippen LogP contribution in [0, 0.1) is 0 Å². The second-order valence-corrected chi connectivity index (χ2v) is 8.78. The van der Waals surface area contributed by atoms with Crippen LogP contribution in [0.3, 0.4) is 0 Å². The molecule has 140 valence electrons. The number of rotatable bonds is 5. The largest absolute Gasteiger partial charge is 0.348 e. The number of hydrogen-bond acceptors (Lipinski definition) is 4. The molecule has 1 aliphatic rings. The maximum Gasteiger partial charge on any atom is 0.234 e. The van der Waals surface area contributed by atoms with Gasteiger partial charge in [0.25, 0.3) is 0 Å². The minimum absolute atomic E-state index is 0.0433. The van der Waals surface area contributed by atoms with E-state index in [9.17, 15) is 13.2 Å². The fourth-order valence-electron chi connectivity index (χ4n) is 3.42. The van der Waals surface area contributed by atoms with Gasteiger partial charge < -0.3 is 5.32 Å². The van der Waals surface area contributed by atoms with Crippen LogP contribution in [0.1, 0.15) is 18.5 Å². The molecule has 1 atom stereocenters. The van der Waals surface area contributed by atoms with Crippen molar-refractivity contribution in [3.63, 3.8) is 0 Å². The van der Waals surface area contributed by atoms with Crippen molar-refractivity contribution >= 4 is 26.7 Å². The molecule has 0 saturated carbocycles. The van der Waals surface area contributed by atoms with E-state index < -0.39 is 10.0 Å². The first-order chi connectivity index (χ1) is 12.3. The third kappa shape index (κ3) is 4.41. The normalized spacial score (nSPS) is 17.9. The lowest BCUT2D eigenvalue weighted by atomic mass is 10.00. The van der Waals surface area contributed by atoms with Crippen molar-refractivity contribution in [1.82, 2.24) is 14.5 Å². The third-order valence-corrected chi connectivity index (χ3v) is 6.14. The maximum absolute atomic E-state index is 12.4. The van der Waals surface area contributed by atoms with Crippen LogP contribution in [0.2, 0.25) is 0 Å². The molecule has 2 aromatic rings. The van der Waals surface area contributed by atoms with E-state index in [2.05, 4.69) is 23.5 Å². The topological polar surface area (TPSA) is 69.7 Å². The predicted molar refractivity (Wildman–Crippen MR) is 103 cm³/mol. The van der Waals surface area contributed by atoms with Gasteiger partial charge in [-0.25, -0.2) is 8.42 Å². The van der Waals surface area contributed by atoms with Gasteiger partial charge in [0.2, 0.25) is 15.9 Å². The average Bonchev–Trinajstić information content (AvgIpc) is 2.60. The fraction of sp³-hybridized carbons (Fsp3) is 0.421. The standard InChI is InChI=1S/C19H25N3O3S/c1-15(17-9-5-7-16-6-3-4-8-18(16)17)20-19(23)14-21-10-12-22(13-11-21)26(2,24)25/h3-9,15H,10-14H2,1-2H3,(H,20,23). The van der Waals surface area contributed by atoms with Gasteiger partial charge >= 0.3 is 0 Å². The lowest BCUT2D eigenvalue weighted by molar-refractivity contribution is -0.123. The molecule has 1 amide bonds. The Hall–Kier alpha value is -1.96. The summed E-state index contributed by atoms with van der Waals surface area (Å²) < 4.78 is 24.6. The number of sulfonamides is 1. The maximum atomic E-state index is 12.4. The zero-order valence-corrected chi connectivity index (χ0v) is 16.0. The van der Waals surface area contributed by atoms with E-state index in [1.54, 1.807) is 0 Å². The Labute approximate surface area is 154 Å². The summed E-state index contributed by atoms with van der Waals surface area (Å²) >= 11 is 0. The van der Waals surface area contributed by atoms with E-state index >= 15 is 0 Å². The number of carbonyl (C=O) groups excluding carboxylic acids is 1. The van der Waals surface area contributed by atoms with Crippen LogP contribution in [0.25, 0.3) is 10.8 Å². The molecule has 0 bridgehead atoms. The van der Waals surface area contributed by atoms with E-state index in [4.69, 9.17) is 0 Å². The van der Waals surface area contributed by atoms with Crippen molar-refractivity contribution in [2.75, 3.05) is 39.0 Å². The zero-order valence-electron chi connectivity index (χ0n) is 15.2. The first kappa shape index (κ1) is 18.8. The van der Waals surface area contributed by atoms with Gasteiger partial charge in [0.05, 0.1) is 18.8 Å². The van der Waals surface area contributed by atoms with Crippen molar-refractivity contribution in [3.05, 3.63) is 48.0 Å². The number of piperazine rings is 1. The van der Waals surface area contributed by atoms with Crippen LogP contribution in [0.5, 0.6) is 0 Å². The van der Waals surface area contributed by atoms with Crippen molar-refractivity contribution in [2.24, 2.45) is 0 Å². The fourth-order valence-corrected chi connectivity index (χ4v) is 4.24. The van der Waals surface area contributed by atoms with E-state index in [1.165, 1.54) is 10.6 Å². The van der Waals surface area contributed by atoms with Gasteiger partial charge in [-0.15, -0.1) is 0 Å². The molecule has 1 fully saturated rings. The summed E-state index contributed by atoms with van der Waals surface area (Å²) in [6.07, 6.45) is 1.22. The van der Waals surface area contributed by atoms with E-state index in [0.29, 0.717) is 26.2 Å². The minimum atomic E-state index is -3.15. The number of nitrogens with one attached hydrogen (secondary N) is 1. The van der Waals surface area contributed by atoms with Gasteiger partial charge in [-0.1, -0.05) is 42.5 Å². The van der Waals surface area contributed by atoms with Crippen LogP contribution in [-0.2, 0) is 14.8 Å². The molecule has 1 aliphatic heterocycles. The quantitative estimate of drug-likeness (QED) is 0.862. The molecule has 2 aromatic carbocycles. The molecule has 0 aromatic heterocycles. The third-order valence-electron chi connectivity index (χ3n) is 4.83. The Balaban J connectivity index is 1.58. The summed E-state index contributed by atoms with van der Waals surface area (Å²) in [5.74, 6) is -0.0433. The molecule has 26 heavy (non-hydrogen) atoms. The second kappa shape index (κ2) is 7.73. The van der Waals surface area contributed by atoms with Crippen LogP contribution in [-0.4, -0.2) is 62.5 Å². The Morgan fingerprint density at radius 3 is 2.42 bits per heavy atom. The zero-order chi connectivity index (χ0) is 18.7. The van der Waals surface area contributed by atoms with Gasteiger partial charge in [-0.3, -0.25) is 9.69 Å².